The van der Waals surface area contributed by atoms with Crippen LogP contribution in [0.3, 0.4) is 0 Å². The quantitative estimate of drug-likeness (QED) is 0.709. The molecule has 174 valence electrons. The molecule has 3 aliphatic rings. The molecule has 2 amide bonds. The molecule has 8 nitrogen and oxygen atoms in total. The SMILES string of the molecule is COc1cccc(C2CN(C(=O)c3ccc4c(c3)OCO4)CC2C(=O)N2CCN(C)CC2)c1. The number of nitrogens with zero attached hydrogens (tertiary/aromatic N) is 3. The monoisotopic (exact) mass is 451 g/mol. The van der Waals surface area contributed by atoms with Crippen LogP contribution < -0.4 is 14.2 Å². The average Bonchev–Trinajstić information content (AvgIpc) is 3.50. The Morgan fingerprint density at radius 2 is 1.73 bits per heavy atom. The highest BCUT2D eigenvalue weighted by Crippen LogP contribution is 2.38. The number of likely N-dealkylation sites (tertiary alicyclic amines) is 1. The number of rotatable bonds is 4. The number of hydrogen-bond donors (Lipinski definition) is 0. The lowest BCUT2D eigenvalue weighted by Crippen LogP contribution is -2.50. The van der Waals surface area contributed by atoms with Crippen molar-refractivity contribution in [3.8, 4) is 17.2 Å². The van der Waals surface area contributed by atoms with Crippen LogP contribution >= 0.6 is 0 Å². The lowest BCUT2D eigenvalue weighted by molar-refractivity contribution is -0.137. The van der Waals surface area contributed by atoms with Crippen LogP contribution in [-0.4, -0.2) is 86.7 Å². The molecule has 0 N–H and O–H groups in total. The van der Waals surface area contributed by atoms with Crippen molar-refractivity contribution in [1.29, 1.82) is 0 Å². The number of amides is 2. The van der Waals surface area contributed by atoms with Gasteiger partial charge in [-0.05, 0) is 42.9 Å². The molecule has 2 aromatic carbocycles. The van der Waals surface area contributed by atoms with Crippen LogP contribution in [0.5, 0.6) is 17.2 Å². The van der Waals surface area contributed by atoms with Crippen molar-refractivity contribution < 1.29 is 23.8 Å². The first-order chi connectivity index (χ1) is 16.0. The normalized spacial score (nSPS) is 22.5. The molecular formula is C25H29N3O5. The van der Waals surface area contributed by atoms with Crippen LogP contribution in [-0.2, 0) is 4.79 Å². The summed E-state index contributed by atoms with van der Waals surface area (Å²) in [5.74, 6) is 1.61. The fraction of sp³-hybridized carbons (Fsp3) is 0.440. The van der Waals surface area contributed by atoms with Crippen LogP contribution in [0.2, 0.25) is 0 Å². The molecule has 2 aromatic rings. The van der Waals surface area contributed by atoms with Gasteiger partial charge in [-0.15, -0.1) is 0 Å². The zero-order chi connectivity index (χ0) is 22.9. The third-order valence-corrected chi connectivity index (χ3v) is 6.88. The second-order valence-electron chi connectivity index (χ2n) is 8.90. The molecule has 0 aliphatic carbocycles. The fourth-order valence-corrected chi connectivity index (χ4v) is 4.90. The standard InChI is InChI=1S/C25H29N3O5/c1-26-8-10-27(11-9-26)25(30)21-15-28(14-20(21)17-4-3-5-19(12-17)31-2)24(29)18-6-7-22-23(13-18)33-16-32-22/h3-7,12-13,20-21H,8-11,14-16H2,1-2H3. The zero-order valence-electron chi connectivity index (χ0n) is 19.0. The van der Waals surface area contributed by atoms with Crippen LogP contribution in [0, 0.1) is 5.92 Å². The van der Waals surface area contributed by atoms with Gasteiger partial charge in [0.1, 0.15) is 5.75 Å². The van der Waals surface area contributed by atoms with Gasteiger partial charge in [-0.2, -0.15) is 0 Å². The molecule has 2 fully saturated rings. The smallest absolute Gasteiger partial charge is 0.254 e. The van der Waals surface area contributed by atoms with Crippen LogP contribution in [0.25, 0.3) is 0 Å². The van der Waals surface area contributed by atoms with Crippen LogP contribution in [0.15, 0.2) is 42.5 Å². The predicted octanol–water partition coefficient (Wildman–Crippen LogP) is 2.05. The summed E-state index contributed by atoms with van der Waals surface area (Å²) in [5.41, 5.74) is 1.55. The van der Waals surface area contributed by atoms with Gasteiger partial charge >= 0.3 is 0 Å². The van der Waals surface area contributed by atoms with Gasteiger partial charge in [0.15, 0.2) is 11.5 Å². The van der Waals surface area contributed by atoms with Gasteiger partial charge in [0.25, 0.3) is 5.91 Å². The van der Waals surface area contributed by atoms with E-state index < -0.39 is 0 Å². The zero-order valence-corrected chi connectivity index (χ0v) is 19.0. The first kappa shape index (κ1) is 21.6. The number of ether oxygens (including phenoxy) is 3. The molecule has 2 unspecified atom stereocenters. The topological polar surface area (TPSA) is 71.5 Å². The summed E-state index contributed by atoms with van der Waals surface area (Å²) in [7, 11) is 3.71. The molecule has 33 heavy (non-hydrogen) atoms. The van der Waals surface area contributed by atoms with E-state index in [-0.39, 0.29) is 30.4 Å². The fourth-order valence-electron chi connectivity index (χ4n) is 4.90. The minimum Gasteiger partial charge on any atom is -0.497 e. The summed E-state index contributed by atoms with van der Waals surface area (Å²) >= 11 is 0. The Kier molecular flexibility index (Phi) is 5.85. The molecule has 0 radical (unpaired) electrons. The van der Waals surface area contributed by atoms with Gasteiger partial charge in [0.05, 0.1) is 13.0 Å². The first-order valence-electron chi connectivity index (χ1n) is 11.3. The number of methoxy groups -OCH3 is 1. The van der Waals surface area contributed by atoms with Gasteiger partial charge in [-0.25, -0.2) is 0 Å². The number of fused-ring (bicyclic) bond motifs is 1. The molecule has 2 saturated heterocycles. The number of benzene rings is 2. The molecule has 3 heterocycles. The third kappa shape index (κ3) is 4.23. The van der Waals surface area contributed by atoms with E-state index in [2.05, 4.69) is 11.9 Å². The number of piperazine rings is 1. The largest absolute Gasteiger partial charge is 0.497 e. The van der Waals surface area contributed by atoms with Gasteiger partial charge in [-0.1, -0.05) is 12.1 Å². The first-order valence-corrected chi connectivity index (χ1v) is 11.3. The van der Waals surface area contributed by atoms with Crippen molar-refractivity contribution in [2.24, 2.45) is 5.92 Å². The maximum Gasteiger partial charge on any atom is 0.254 e. The molecule has 0 spiro atoms. The van der Waals surface area contributed by atoms with E-state index in [1.165, 1.54) is 0 Å². The lowest BCUT2D eigenvalue weighted by Gasteiger charge is -2.35. The maximum absolute atomic E-state index is 13.6. The van der Waals surface area contributed by atoms with Crippen molar-refractivity contribution in [3.63, 3.8) is 0 Å². The van der Waals surface area contributed by atoms with Crippen molar-refractivity contribution >= 4 is 11.8 Å². The number of carbonyl (C=O) groups excluding carboxylic acids is 2. The van der Waals surface area contributed by atoms with E-state index in [9.17, 15) is 9.59 Å². The summed E-state index contributed by atoms with van der Waals surface area (Å²) < 4.78 is 16.2. The van der Waals surface area contributed by atoms with Crippen molar-refractivity contribution in [1.82, 2.24) is 14.7 Å². The number of carbonyl (C=O) groups is 2. The minimum absolute atomic E-state index is 0.0924. The van der Waals surface area contributed by atoms with E-state index in [1.807, 2.05) is 29.2 Å². The van der Waals surface area contributed by atoms with Gasteiger partial charge in [0.2, 0.25) is 12.7 Å². The van der Waals surface area contributed by atoms with E-state index in [1.54, 1.807) is 30.2 Å². The summed E-state index contributed by atoms with van der Waals surface area (Å²) in [4.78, 5) is 33.0. The Morgan fingerprint density at radius 1 is 0.939 bits per heavy atom. The van der Waals surface area contributed by atoms with Gasteiger partial charge in [0, 0.05) is 50.7 Å². The Bertz CT molecular complexity index is 1050. The van der Waals surface area contributed by atoms with Crippen LogP contribution in [0.1, 0.15) is 21.8 Å². The average molecular weight is 452 g/mol. The summed E-state index contributed by atoms with van der Waals surface area (Å²) in [6.07, 6.45) is 0. The summed E-state index contributed by atoms with van der Waals surface area (Å²) in [6.45, 7) is 4.19. The molecule has 8 heteroatoms. The van der Waals surface area contributed by atoms with E-state index in [0.29, 0.717) is 43.2 Å². The molecule has 0 aromatic heterocycles. The molecule has 2 atom stereocenters. The van der Waals surface area contributed by atoms with Crippen molar-refractivity contribution in [3.05, 3.63) is 53.6 Å². The molecule has 0 saturated carbocycles. The van der Waals surface area contributed by atoms with Gasteiger partial charge in [-0.3, -0.25) is 9.59 Å². The number of hydrogen-bond acceptors (Lipinski definition) is 6. The van der Waals surface area contributed by atoms with Crippen molar-refractivity contribution in [2.75, 3.05) is 60.2 Å². The molecule has 5 rings (SSSR count). The van der Waals surface area contributed by atoms with Gasteiger partial charge < -0.3 is 28.9 Å². The Morgan fingerprint density at radius 3 is 2.52 bits per heavy atom. The highest BCUT2D eigenvalue weighted by molar-refractivity contribution is 5.96. The molecular weight excluding hydrogens is 422 g/mol. The minimum atomic E-state index is -0.293. The Balaban J connectivity index is 1.41. The van der Waals surface area contributed by atoms with E-state index >= 15 is 0 Å². The maximum atomic E-state index is 13.6. The highest BCUT2D eigenvalue weighted by atomic mass is 16.7. The van der Waals surface area contributed by atoms with Crippen molar-refractivity contribution in [2.45, 2.75) is 5.92 Å². The summed E-state index contributed by atoms with van der Waals surface area (Å²) in [6, 6.07) is 13.1. The molecule has 0 bridgehead atoms. The summed E-state index contributed by atoms with van der Waals surface area (Å²) in [5, 5.41) is 0. The Hall–Kier alpha value is -3.26. The second kappa shape index (κ2) is 8.94. The highest BCUT2D eigenvalue weighted by Gasteiger charge is 2.42. The number of likely N-dealkylation sites (N-methyl/N-ethyl adjacent to an activating group) is 1. The second-order valence-corrected chi connectivity index (χ2v) is 8.90. The van der Waals surface area contributed by atoms with E-state index in [4.69, 9.17) is 14.2 Å². The third-order valence-electron chi connectivity index (χ3n) is 6.88. The molecule has 3 aliphatic heterocycles. The predicted molar refractivity (Wildman–Crippen MR) is 122 cm³/mol. The Labute approximate surface area is 193 Å². The van der Waals surface area contributed by atoms with E-state index in [0.717, 1.165) is 24.4 Å². The lowest BCUT2D eigenvalue weighted by atomic mass is 9.87. The van der Waals surface area contributed by atoms with Crippen LogP contribution in [0.4, 0.5) is 0 Å².